The van der Waals surface area contributed by atoms with Gasteiger partial charge in [-0.2, -0.15) is 0 Å². The number of piperazine rings is 1. The SMILES string of the molecule is CCOC(=O)N1CCN(C(=O)CCc2nnc3ccccn3c2=O)CC1. The van der Waals surface area contributed by atoms with Crippen molar-refractivity contribution in [3.05, 3.63) is 40.4 Å². The topological polar surface area (TPSA) is 97.1 Å². The normalized spacial score (nSPS) is 14.5. The third kappa shape index (κ3) is 3.81. The van der Waals surface area contributed by atoms with Crippen molar-refractivity contribution >= 4 is 17.6 Å². The second kappa shape index (κ2) is 7.94. The first-order chi connectivity index (χ1) is 12.6. The molecule has 0 aliphatic carbocycles. The maximum absolute atomic E-state index is 12.4. The van der Waals surface area contributed by atoms with Crippen LogP contribution < -0.4 is 5.56 Å². The number of hydrogen-bond donors (Lipinski definition) is 0. The number of carbonyl (C=O) groups is 2. The Morgan fingerprint density at radius 2 is 1.85 bits per heavy atom. The van der Waals surface area contributed by atoms with Crippen molar-refractivity contribution in [2.45, 2.75) is 19.8 Å². The fraction of sp³-hybridized carbons (Fsp3) is 0.471. The molecule has 2 aromatic heterocycles. The van der Waals surface area contributed by atoms with Crippen LogP contribution in [-0.2, 0) is 16.0 Å². The van der Waals surface area contributed by atoms with E-state index in [4.69, 9.17) is 4.74 Å². The van der Waals surface area contributed by atoms with Crippen LogP contribution in [0.4, 0.5) is 4.79 Å². The van der Waals surface area contributed by atoms with Crippen LogP contribution in [0.25, 0.3) is 5.65 Å². The van der Waals surface area contributed by atoms with Gasteiger partial charge in [-0.3, -0.25) is 14.0 Å². The summed E-state index contributed by atoms with van der Waals surface area (Å²) in [6, 6.07) is 5.23. The molecule has 3 rings (SSSR count). The number of rotatable bonds is 4. The van der Waals surface area contributed by atoms with Gasteiger partial charge in [0, 0.05) is 45.2 Å². The van der Waals surface area contributed by atoms with Crippen LogP contribution in [0.3, 0.4) is 0 Å². The van der Waals surface area contributed by atoms with Gasteiger partial charge < -0.3 is 14.5 Å². The molecule has 26 heavy (non-hydrogen) atoms. The van der Waals surface area contributed by atoms with Gasteiger partial charge in [-0.25, -0.2) is 4.79 Å². The highest BCUT2D eigenvalue weighted by Crippen LogP contribution is 2.07. The number of aryl methyl sites for hydroxylation is 1. The zero-order chi connectivity index (χ0) is 18.5. The zero-order valence-corrected chi connectivity index (χ0v) is 14.6. The highest BCUT2D eigenvalue weighted by atomic mass is 16.6. The van der Waals surface area contributed by atoms with Gasteiger partial charge in [0.25, 0.3) is 5.56 Å². The van der Waals surface area contributed by atoms with Crippen molar-refractivity contribution in [2.24, 2.45) is 0 Å². The lowest BCUT2D eigenvalue weighted by Crippen LogP contribution is -2.50. The molecule has 1 aliphatic rings. The summed E-state index contributed by atoms with van der Waals surface area (Å²) in [4.78, 5) is 39.7. The number of aromatic nitrogens is 3. The molecule has 1 saturated heterocycles. The molecule has 0 N–H and O–H groups in total. The minimum absolute atomic E-state index is 0.0622. The predicted molar refractivity (Wildman–Crippen MR) is 92.8 cm³/mol. The molecule has 9 heteroatoms. The molecule has 0 spiro atoms. The number of hydrogen-bond acceptors (Lipinski definition) is 6. The molecular weight excluding hydrogens is 338 g/mol. The van der Waals surface area contributed by atoms with Gasteiger partial charge >= 0.3 is 6.09 Å². The second-order valence-corrected chi connectivity index (χ2v) is 5.95. The summed E-state index contributed by atoms with van der Waals surface area (Å²) in [5.41, 5.74) is 0.491. The van der Waals surface area contributed by atoms with Crippen molar-refractivity contribution in [3.63, 3.8) is 0 Å². The smallest absolute Gasteiger partial charge is 0.409 e. The largest absolute Gasteiger partial charge is 0.450 e. The third-order valence-corrected chi connectivity index (χ3v) is 4.31. The molecule has 1 fully saturated rings. The Morgan fingerprint density at radius 1 is 1.12 bits per heavy atom. The number of ether oxygens (including phenoxy) is 1. The first-order valence-electron chi connectivity index (χ1n) is 8.62. The fourth-order valence-electron chi connectivity index (χ4n) is 2.87. The number of amides is 2. The van der Waals surface area contributed by atoms with Gasteiger partial charge in [-0.05, 0) is 19.1 Å². The Hall–Kier alpha value is -2.97. The van der Waals surface area contributed by atoms with Gasteiger partial charge in [0.05, 0.1) is 6.61 Å². The average Bonchev–Trinajstić information content (AvgIpc) is 2.68. The first kappa shape index (κ1) is 17.8. The van der Waals surface area contributed by atoms with E-state index in [1.54, 1.807) is 41.1 Å². The molecule has 3 heterocycles. The highest BCUT2D eigenvalue weighted by molar-refractivity contribution is 5.77. The van der Waals surface area contributed by atoms with E-state index in [0.717, 1.165) is 0 Å². The van der Waals surface area contributed by atoms with E-state index in [9.17, 15) is 14.4 Å². The fourth-order valence-corrected chi connectivity index (χ4v) is 2.87. The maximum atomic E-state index is 12.4. The summed E-state index contributed by atoms with van der Waals surface area (Å²) < 4.78 is 6.38. The van der Waals surface area contributed by atoms with E-state index in [0.29, 0.717) is 38.4 Å². The highest BCUT2D eigenvalue weighted by Gasteiger charge is 2.24. The summed E-state index contributed by atoms with van der Waals surface area (Å²) in [7, 11) is 0. The monoisotopic (exact) mass is 359 g/mol. The lowest BCUT2D eigenvalue weighted by molar-refractivity contribution is -0.132. The molecule has 138 valence electrons. The molecule has 0 radical (unpaired) electrons. The van der Waals surface area contributed by atoms with Crippen LogP contribution in [0, 0.1) is 0 Å². The molecule has 0 bridgehead atoms. The summed E-state index contributed by atoms with van der Waals surface area (Å²) in [5.74, 6) is -0.0622. The van der Waals surface area contributed by atoms with E-state index in [1.165, 1.54) is 4.40 Å². The van der Waals surface area contributed by atoms with Gasteiger partial charge in [0.1, 0.15) is 5.69 Å². The van der Waals surface area contributed by atoms with Gasteiger partial charge in [0.15, 0.2) is 5.65 Å². The molecule has 0 aromatic carbocycles. The Morgan fingerprint density at radius 3 is 2.58 bits per heavy atom. The van der Waals surface area contributed by atoms with E-state index in [1.807, 2.05) is 0 Å². The Bertz CT molecular complexity index is 858. The van der Waals surface area contributed by atoms with E-state index in [-0.39, 0.29) is 36.1 Å². The average molecular weight is 359 g/mol. The minimum atomic E-state index is -0.348. The van der Waals surface area contributed by atoms with Crippen LogP contribution in [0.2, 0.25) is 0 Å². The Kier molecular flexibility index (Phi) is 5.45. The standard InChI is InChI=1S/C17H21N5O4/c1-2-26-17(25)21-11-9-20(10-12-21)15(23)7-6-13-16(24)22-8-4-3-5-14(22)19-18-13/h3-5,8H,2,6-7,9-12H2,1H3. The molecule has 0 unspecified atom stereocenters. The van der Waals surface area contributed by atoms with Crippen molar-refractivity contribution in [1.82, 2.24) is 24.4 Å². The van der Waals surface area contributed by atoms with Crippen LogP contribution in [-0.4, -0.2) is 69.2 Å². The van der Waals surface area contributed by atoms with Crippen LogP contribution in [0.15, 0.2) is 29.2 Å². The number of pyridine rings is 1. The van der Waals surface area contributed by atoms with Crippen LogP contribution in [0.1, 0.15) is 19.0 Å². The van der Waals surface area contributed by atoms with Crippen molar-refractivity contribution in [1.29, 1.82) is 0 Å². The molecule has 2 amide bonds. The van der Waals surface area contributed by atoms with Crippen molar-refractivity contribution in [3.8, 4) is 0 Å². The van der Waals surface area contributed by atoms with Gasteiger partial charge in [-0.1, -0.05) is 6.07 Å². The third-order valence-electron chi connectivity index (χ3n) is 4.31. The maximum Gasteiger partial charge on any atom is 0.409 e. The molecule has 2 aromatic rings. The number of nitrogens with zero attached hydrogens (tertiary/aromatic N) is 5. The second-order valence-electron chi connectivity index (χ2n) is 5.95. The molecule has 1 aliphatic heterocycles. The minimum Gasteiger partial charge on any atom is -0.450 e. The zero-order valence-electron chi connectivity index (χ0n) is 14.6. The summed E-state index contributed by atoms with van der Waals surface area (Å²) in [6.07, 6.45) is 1.70. The van der Waals surface area contributed by atoms with Crippen LogP contribution in [0.5, 0.6) is 0 Å². The van der Waals surface area contributed by atoms with Gasteiger partial charge in [-0.15, -0.1) is 10.2 Å². The number of fused-ring (bicyclic) bond motifs is 1. The molecule has 0 atom stereocenters. The van der Waals surface area contributed by atoms with E-state index < -0.39 is 0 Å². The van der Waals surface area contributed by atoms with Crippen molar-refractivity contribution < 1.29 is 14.3 Å². The summed E-state index contributed by atoms with van der Waals surface area (Å²) >= 11 is 0. The molecule has 0 saturated carbocycles. The lowest BCUT2D eigenvalue weighted by atomic mass is 10.2. The van der Waals surface area contributed by atoms with Crippen molar-refractivity contribution in [2.75, 3.05) is 32.8 Å². The predicted octanol–water partition coefficient (Wildman–Crippen LogP) is 0.323. The Balaban J connectivity index is 1.56. The summed E-state index contributed by atoms with van der Waals surface area (Å²) in [6.45, 7) is 3.91. The molecule has 9 nitrogen and oxygen atoms in total. The van der Waals surface area contributed by atoms with E-state index in [2.05, 4.69) is 10.2 Å². The van der Waals surface area contributed by atoms with Gasteiger partial charge in [0.2, 0.25) is 5.91 Å². The molecular formula is C17H21N5O4. The quantitative estimate of drug-likeness (QED) is 0.780. The Labute approximate surface area is 150 Å². The summed E-state index contributed by atoms with van der Waals surface area (Å²) in [5, 5.41) is 7.97. The van der Waals surface area contributed by atoms with Crippen LogP contribution >= 0.6 is 0 Å². The lowest BCUT2D eigenvalue weighted by Gasteiger charge is -2.34. The van der Waals surface area contributed by atoms with E-state index >= 15 is 0 Å². The first-order valence-corrected chi connectivity index (χ1v) is 8.62. The number of carbonyl (C=O) groups excluding carboxylic acids is 2.